The second kappa shape index (κ2) is 9.93. The first-order chi connectivity index (χ1) is 15.8. The van der Waals surface area contributed by atoms with Gasteiger partial charge in [0.1, 0.15) is 11.6 Å². The highest BCUT2D eigenvalue weighted by Gasteiger charge is 2.13. The van der Waals surface area contributed by atoms with Crippen LogP contribution >= 0.6 is 0 Å². The fourth-order valence-electron chi connectivity index (χ4n) is 4.25. The molecule has 176 valence electrons. The minimum Gasteiger partial charge on any atom is -0.493 e. The van der Waals surface area contributed by atoms with Gasteiger partial charge in [0.25, 0.3) is 5.56 Å². The number of aromatic nitrogens is 2. The number of fused-ring (bicyclic) bond motifs is 1. The van der Waals surface area contributed by atoms with Crippen LogP contribution in [-0.4, -0.2) is 55.4 Å². The summed E-state index contributed by atoms with van der Waals surface area (Å²) in [5.74, 6) is 1.24. The van der Waals surface area contributed by atoms with Crippen LogP contribution in [0, 0.1) is 6.92 Å². The van der Waals surface area contributed by atoms with Gasteiger partial charge in [-0.25, -0.2) is 13.4 Å². The quantitative estimate of drug-likeness (QED) is 0.508. The number of aryl methyl sites for hydroxylation is 1. The molecule has 1 aromatic heterocycles. The highest BCUT2D eigenvalue weighted by atomic mass is 32.2. The van der Waals surface area contributed by atoms with Crippen molar-refractivity contribution in [1.29, 1.82) is 0 Å². The van der Waals surface area contributed by atoms with E-state index >= 15 is 0 Å². The SMILES string of the molecule is Cc1nc2ccc(NS(C)(=O)=O)cc2c(=O)n1-c1cccc(OCCCN2CCCCC2)c1. The van der Waals surface area contributed by atoms with Crippen molar-refractivity contribution in [3.63, 3.8) is 0 Å². The van der Waals surface area contributed by atoms with Crippen LogP contribution in [0.25, 0.3) is 16.6 Å². The first-order valence-corrected chi connectivity index (χ1v) is 13.2. The molecule has 1 saturated heterocycles. The zero-order chi connectivity index (χ0) is 23.4. The van der Waals surface area contributed by atoms with Crippen molar-refractivity contribution in [2.45, 2.75) is 32.6 Å². The lowest BCUT2D eigenvalue weighted by Crippen LogP contribution is -2.31. The molecular formula is C24H30N4O4S. The molecule has 4 rings (SSSR count). The maximum Gasteiger partial charge on any atom is 0.266 e. The highest BCUT2D eigenvalue weighted by Crippen LogP contribution is 2.20. The lowest BCUT2D eigenvalue weighted by molar-refractivity contribution is 0.205. The molecule has 1 aliphatic heterocycles. The Hall–Kier alpha value is -2.91. The van der Waals surface area contributed by atoms with Gasteiger partial charge in [0.15, 0.2) is 0 Å². The van der Waals surface area contributed by atoms with E-state index in [9.17, 15) is 13.2 Å². The van der Waals surface area contributed by atoms with Crippen LogP contribution in [0.3, 0.4) is 0 Å². The van der Waals surface area contributed by atoms with Crippen LogP contribution in [0.5, 0.6) is 5.75 Å². The first-order valence-electron chi connectivity index (χ1n) is 11.3. The van der Waals surface area contributed by atoms with Gasteiger partial charge in [-0.1, -0.05) is 12.5 Å². The number of nitrogens with one attached hydrogen (secondary N) is 1. The Labute approximate surface area is 194 Å². The standard InChI is InChI=1S/C24H30N4O4S/c1-18-25-23-11-10-19(26-33(2,30)31)16-22(23)24(29)28(18)20-8-6-9-21(17-20)32-15-7-14-27-12-4-3-5-13-27/h6,8-11,16-17,26H,3-5,7,12-15H2,1-2H3. The van der Waals surface area contributed by atoms with Gasteiger partial charge in [-0.2, -0.15) is 0 Å². The highest BCUT2D eigenvalue weighted by molar-refractivity contribution is 7.92. The van der Waals surface area contributed by atoms with E-state index in [2.05, 4.69) is 14.6 Å². The third-order valence-electron chi connectivity index (χ3n) is 5.75. The maximum atomic E-state index is 13.3. The van der Waals surface area contributed by atoms with Crippen LogP contribution in [0.4, 0.5) is 5.69 Å². The Kier molecular flexibility index (Phi) is 6.99. The second-order valence-corrected chi connectivity index (χ2v) is 10.3. The number of likely N-dealkylation sites (tertiary alicyclic amines) is 1. The molecule has 0 bridgehead atoms. The summed E-state index contributed by atoms with van der Waals surface area (Å²) < 4.78 is 33.0. The molecule has 2 aromatic carbocycles. The van der Waals surface area contributed by atoms with E-state index in [0.717, 1.165) is 19.2 Å². The molecule has 0 amide bonds. The number of hydrogen-bond acceptors (Lipinski definition) is 6. The van der Waals surface area contributed by atoms with Gasteiger partial charge in [-0.05, 0) is 69.6 Å². The molecule has 33 heavy (non-hydrogen) atoms. The van der Waals surface area contributed by atoms with E-state index in [4.69, 9.17) is 4.74 Å². The van der Waals surface area contributed by atoms with Crippen LogP contribution in [-0.2, 0) is 10.0 Å². The Morgan fingerprint density at radius 2 is 1.88 bits per heavy atom. The van der Waals surface area contributed by atoms with E-state index in [0.29, 0.717) is 40.5 Å². The smallest absolute Gasteiger partial charge is 0.266 e. The molecule has 9 heteroatoms. The van der Waals surface area contributed by atoms with Crippen molar-refractivity contribution >= 4 is 26.6 Å². The number of sulfonamides is 1. The predicted octanol–water partition coefficient (Wildman–Crippen LogP) is 3.32. The molecule has 0 aliphatic carbocycles. The molecule has 0 atom stereocenters. The Morgan fingerprint density at radius 1 is 1.09 bits per heavy atom. The van der Waals surface area contributed by atoms with Crippen molar-refractivity contribution in [3.8, 4) is 11.4 Å². The van der Waals surface area contributed by atoms with Crippen LogP contribution in [0.1, 0.15) is 31.5 Å². The van der Waals surface area contributed by atoms with Gasteiger partial charge >= 0.3 is 0 Å². The van der Waals surface area contributed by atoms with Gasteiger partial charge in [0.05, 0.1) is 29.5 Å². The normalized spacial score (nSPS) is 15.0. The molecule has 1 fully saturated rings. The summed E-state index contributed by atoms with van der Waals surface area (Å²) >= 11 is 0. The largest absolute Gasteiger partial charge is 0.493 e. The Morgan fingerprint density at radius 3 is 2.64 bits per heavy atom. The first kappa shape index (κ1) is 23.3. The Bertz CT molecular complexity index is 1300. The summed E-state index contributed by atoms with van der Waals surface area (Å²) in [7, 11) is -3.45. The van der Waals surface area contributed by atoms with Crippen molar-refractivity contribution in [3.05, 3.63) is 58.6 Å². The van der Waals surface area contributed by atoms with Crippen molar-refractivity contribution in [1.82, 2.24) is 14.5 Å². The van der Waals surface area contributed by atoms with Gasteiger partial charge < -0.3 is 9.64 Å². The van der Waals surface area contributed by atoms with Crippen LogP contribution in [0.2, 0.25) is 0 Å². The number of rotatable bonds is 8. The van der Waals surface area contributed by atoms with E-state index in [1.165, 1.54) is 43.0 Å². The fraction of sp³-hybridized carbons (Fsp3) is 0.417. The number of hydrogen-bond donors (Lipinski definition) is 1. The number of anilines is 1. The third kappa shape index (κ3) is 5.91. The average Bonchev–Trinajstić information content (AvgIpc) is 2.77. The minimum atomic E-state index is -3.45. The van der Waals surface area contributed by atoms with Crippen molar-refractivity contribution < 1.29 is 13.2 Å². The fourth-order valence-corrected chi connectivity index (χ4v) is 4.81. The average molecular weight is 471 g/mol. The molecule has 8 nitrogen and oxygen atoms in total. The molecule has 2 heterocycles. The lowest BCUT2D eigenvalue weighted by Gasteiger charge is -2.26. The third-order valence-corrected chi connectivity index (χ3v) is 6.36. The Balaban J connectivity index is 1.54. The monoisotopic (exact) mass is 470 g/mol. The maximum absolute atomic E-state index is 13.3. The minimum absolute atomic E-state index is 0.267. The van der Waals surface area contributed by atoms with E-state index in [1.54, 1.807) is 19.1 Å². The number of ether oxygens (including phenoxy) is 1. The molecule has 0 saturated carbocycles. The molecular weight excluding hydrogens is 440 g/mol. The van der Waals surface area contributed by atoms with E-state index < -0.39 is 10.0 Å². The van der Waals surface area contributed by atoms with Gasteiger partial charge in [0, 0.05) is 18.3 Å². The zero-order valence-corrected chi connectivity index (χ0v) is 19.9. The van der Waals surface area contributed by atoms with Crippen molar-refractivity contribution in [2.24, 2.45) is 0 Å². The number of piperidine rings is 1. The zero-order valence-electron chi connectivity index (χ0n) is 19.1. The van der Waals surface area contributed by atoms with E-state index in [1.807, 2.05) is 24.3 Å². The summed E-state index contributed by atoms with van der Waals surface area (Å²) in [4.78, 5) is 20.3. The topological polar surface area (TPSA) is 93.5 Å². The van der Waals surface area contributed by atoms with Gasteiger partial charge in [-0.3, -0.25) is 14.1 Å². The summed E-state index contributed by atoms with van der Waals surface area (Å²) in [6, 6.07) is 12.2. The molecule has 3 aromatic rings. The van der Waals surface area contributed by atoms with Gasteiger partial charge in [0.2, 0.25) is 10.0 Å². The molecule has 0 radical (unpaired) electrons. The predicted molar refractivity (Wildman–Crippen MR) is 131 cm³/mol. The molecule has 0 spiro atoms. The van der Waals surface area contributed by atoms with Gasteiger partial charge in [-0.15, -0.1) is 0 Å². The van der Waals surface area contributed by atoms with Crippen molar-refractivity contribution in [2.75, 3.05) is 37.2 Å². The summed E-state index contributed by atoms with van der Waals surface area (Å²) in [6.45, 7) is 5.78. The summed E-state index contributed by atoms with van der Waals surface area (Å²) in [5.41, 5.74) is 1.22. The molecule has 0 unspecified atom stereocenters. The number of benzene rings is 2. The molecule has 1 aliphatic rings. The molecule has 1 N–H and O–H groups in total. The number of nitrogens with zero attached hydrogens (tertiary/aromatic N) is 3. The second-order valence-electron chi connectivity index (χ2n) is 8.51. The van der Waals surface area contributed by atoms with Crippen LogP contribution < -0.4 is 15.0 Å². The van der Waals surface area contributed by atoms with Crippen LogP contribution in [0.15, 0.2) is 47.3 Å². The summed E-state index contributed by atoms with van der Waals surface area (Å²) in [6.07, 6.45) is 5.92. The van der Waals surface area contributed by atoms with E-state index in [-0.39, 0.29) is 5.56 Å². The lowest BCUT2D eigenvalue weighted by atomic mass is 10.1. The summed E-state index contributed by atoms with van der Waals surface area (Å²) in [5, 5.41) is 0.335.